The summed E-state index contributed by atoms with van der Waals surface area (Å²) in [4.78, 5) is 13.4. The zero-order valence-electron chi connectivity index (χ0n) is 7.98. The van der Waals surface area contributed by atoms with Crippen LogP contribution in [0.25, 0.3) is 0 Å². The molecule has 0 aliphatic carbocycles. The second-order valence-electron chi connectivity index (χ2n) is 2.64. The van der Waals surface area contributed by atoms with Crippen LogP contribution in [0, 0.1) is 0 Å². The molecule has 8 heteroatoms. The molecule has 0 radical (unpaired) electrons. The van der Waals surface area contributed by atoms with Crippen molar-refractivity contribution in [2.45, 2.75) is 6.54 Å². The molecule has 0 unspecified atom stereocenters. The lowest BCUT2D eigenvalue weighted by Gasteiger charge is -2.05. The number of H-pyrrole nitrogens is 1. The van der Waals surface area contributed by atoms with E-state index in [9.17, 15) is 13.2 Å². The molecule has 1 amide bonds. The predicted octanol–water partition coefficient (Wildman–Crippen LogP) is -0.295. The highest BCUT2D eigenvalue weighted by molar-refractivity contribution is 7.88. The lowest BCUT2D eigenvalue weighted by Crippen LogP contribution is -2.39. The van der Waals surface area contributed by atoms with Crippen LogP contribution in [0.15, 0.2) is 18.5 Å². The summed E-state index contributed by atoms with van der Waals surface area (Å²) in [6.45, 7) is 0.0931. The molecule has 0 saturated heterocycles. The number of rotatable bonds is 4. The van der Waals surface area contributed by atoms with E-state index in [1.165, 1.54) is 0 Å². The van der Waals surface area contributed by atoms with Crippen molar-refractivity contribution in [3.63, 3.8) is 0 Å². The van der Waals surface area contributed by atoms with E-state index < -0.39 is 16.3 Å². The van der Waals surface area contributed by atoms with Gasteiger partial charge >= 0.3 is 16.3 Å². The zero-order valence-corrected chi connectivity index (χ0v) is 8.80. The molecule has 1 heterocycles. The molecular formula is C7H11N3O4S. The maximum absolute atomic E-state index is 11.2. The minimum absolute atomic E-state index is 0.0931. The molecular weight excluding hydrogens is 222 g/mol. The number of methoxy groups -OCH3 is 1. The van der Waals surface area contributed by atoms with E-state index in [4.69, 9.17) is 0 Å². The number of amides is 1. The fraction of sp³-hybridized carbons (Fsp3) is 0.286. The predicted molar refractivity (Wildman–Crippen MR) is 52.1 cm³/mol. The van der Waals surface area contributed by atoms with Gasteiger partial charge in [0.05, 0.1) is 7.11 Å². The number of aromatic amines is 1. The Morgan fingerprint density at radius 3 is 2.87 bits per heavy atom. The number of ether oxygens (including phenoxy) is 1. The summed E-state index contributed by atoms with van der Waals surface area (Å²) < 4.78 is 30.3. The minimum Gasteiger partial charge on any atom is -0.452 e. The first-order chi connectivity index (χ1) is 7.03. The fourth-order valence-electron chi connectivity index (χ4n) is 0.834. The van der Waals surface area contributed by atoms with Crippen LogP contribution in [0.4, 0.5) is 4.79 Å². The minimum atomic E-state index is -3.86. The van der Waals surface area contributed by atoms with Crippen molar-refractivity contribution in [1.82, 2.24) is 14.4 Å². The highest BCUT2D eigenvalue weighted by atomic mass is 32.2. The Bertz CT molecular complexity index is 411. The zero-order chi connectivity index (χ0) is 11.3. The van der Waals surface area contributed by atoms with Crippen molar-refractivity contribution in [3.05, 3.63) is 24.0 Å². The van der Waals surface area contributed by atoms with E-state index in [2.05, 4.69) is 14.4 Å². The van der Waals surface area contributed by atoms with Gasteiger partial charge in [0, 0.05) is 18.9 Å². The van der Waals surface area contributed by atoms with Gasteiger partial charge in [0.1, 0.15) is 0 Å². The standard InChI is InChI=1S/C7H11N3O4S/c1-14-7(11)10-15(12,13)9-5-6-2-3-8-4-6/h2-4,8-9H,5H2,1H3,(H,10,11). The molecule has 84 valence electrons. The summed E-state index contributed by atoms with van der Waals surface area (Å²) >= 11 is 0. The first kappa shape index (κ1) is 11.5. The van der Waals surface area contributed by atoms with Gasteiger partial charge in [-0.2, -0.15) is 13.1 Å². The molecule has 0 aliphatic heterocycles. The second-order valence-corrected chi connectivity index (χ2v) is 4.14. The monoisotopic (exact) mass is 233 g/mol. The molecule has 3 N–H and O–H groups in total. The van der Waals surface area contributed by atoms with Crippen molar-refractivity contribution in [1.29, 1.82) is 0 Å². The van der Waals surface area contributed by atoms with Crippen molar-refractivity contribution in [3.8, 4) is 0 Å². The third-order valence-electron chi connectivity index (χ3n) is 1.53. The molecule has 0 aromatic carbocycles. The summed E-state index contributed by atoms with van der Waals surface area (Å²) in [5.74, 6) is 0. The van der Waals surface area contributed by atoms with Crippen LogP contribution in [0.5, 0.6) is 0 Å². The summed E-state index contributed by atoms with van der Waals surface area (Å²) in [6, 6.07) is 1.71. The van der Waals surface area contributed by atoms with Gasteiger partial charge in [-0.1, -0.05) is 0 Å². The van der Waals surface area contributed by atoms with Gasteiger partial charge in [0.25, 0.3) is 0 Å². The number of hydrogen-bond acceptors (Lipinski definition) is 4. The van der Waals surface area contributed by atoms with Crippen molar-refractivity contribution < 1.29 is 17.9 Å². The Labute approximate surface area is 87.0 Å². The highest BCUT2D eigenvalue weighted by Crippen LogP contribution is 1.95. The molecule has 7 nitrogen and oxygen atoms in total. The van der Waals surface area contributed by atoms with Crippen molar-refractivity contribution >= 4 is 16.3 Å². The average Bonchev–Trinajstić information content (AvgIpc) is 2.66. The van der Waals surface area contributed by atoms with Gasteiger partial charge in [-0.05, 0) is 11.6 Å². The number of carbonyl (C=O) groups is 1. The fourth-order valence-corrected chi connectivity index (χ4v) is 1.57. The van der Waals surface area contributed by atoms with Crippen LogP contribution in [-0.4, -0.2) is 26.6 Å². The third kappa shape index (κ3) is 4.00. The second kappa shape index (κ2) is 4.80. The molecule has 0 bridgehead atoms. The Kier molecular flexibility index (Phi) is 3.69. The van der Waals surface area contributed by atoms with Crippen molar-refractivity contribution in [2.75, 3.05) is 7.11 Å². The van der Waals surface area contributed by atoms with Crippen LogP contribution >= 0.6 is 0 Å². The maximum Gasteiger partial charge on any atom is 0.421 e. The summed E-state index contributed by atoms with van der Waals surface area (Å²) in [5.41, 5.74) is 0.755. The molecule has 1 aromatic heterocycles. The lowest BCUT2D eigenvalue weighted by atomic mass is 10.4. The van der Waals surface area contributed by atoms with E-state index in [-0.39, 0.29) is 6.54 Å². The average molecular weight is 233 g/mol. The molecule has 0 atom stereocenters. The topological polar surface area (TPSA) is 100 Å². The molecule has 1 rings (SSSR count). The quantitative estimate of drug-likeness (QED) is 0.665. The molecule has 15 heavy (non-hydrogen) atoms. The molecule has 0 fully saturated rings. The molecule has 0 aliphatic rings. The van der Waals surface area contributed by atoms with Crippen LogP contribution in [-0.2, 0) is 21.5 Å². The van der Waals surface area contributed by atoms with E-state index in [1.807, 2.05) is 0 Å². The van der Waals surface area contributed by atoms with Gasteiger partial charge in [-0.3, -0.25) is 0 Å². The van der Waals surface area contributed by atoms with E-state index in [0.717, 1.165) is 12.7 Å². The number of carbonyl (C=O) groups excluding carboxylic acids is 1. The van der Waals surface area contributed by atoms with Crippen LogP contribution < -0.4 is 9.44 Å². The SMILES string of the molecule is COC(=O)NS(=O)(=O)NCc1cc[nH]c1. The first-order valence-electron chi connectivity index (χ1n) is 4.00. The third-order valence-corrected chi connectivity index (χ3v) is 2.49. The van der Waals surface area contributed by atoms with Crippen LogP contribution in [0.3, 0.4) is 0 Å². The van der Waals surface area contributed by atoms with Crippen LogP contribution in [0.1, 0.15) is 5.56 Å². The van der Waals surface area contributed by atoms with Crippen LogP contribution in [0.2, 0.25) is 0 Å². The van der Waals surface area contributed by atoms with Gasteiger partial charge in [-0.25, -0.2) is 9.52 Å². The summed E-state index contributed by atoms with van der Waals surface area (Å²) in [6.07, 6.45) is 2.27. The Morgan fingerprint density at radius 1 is 1.60 bits per heavy atom. The van der Waals surface area contributed by atoms with Gasteiger partial charge in [-0.15, -0.1) is 0 Å². The Morgan fingerprint density at radius 2 is 2.33 bits per heavy atom. The smallest absolute Gasteiger partial charge is 0.421 e. The Balaban J connectivity index is 2.47. The van der Waals surface area contributed by atoms with E-state index in [1.54, 1.807) is 23.2 Å². The molecule has 0 saturated carbocycles. The lowest BCUT2D eigenvalue weighted by molar-refractivity contribution is 0.177. The summed E-state index contributed by atoms with van der Waals surface area (Å²) in [7, 11) is -2.78. The van der Waals surface area contributed by atoms with Gasteiger partial charge in [0.15, 0.2) is 0 Å². The number of aromatic nitrogens is 1. The van der Waals surface area contributed by atoms with E-state index >= 15 is 0 Å². The van der Waals surface area contributed by atoms with E-state index in [0.29, 0.717) is 0 Å². The largest absolute Gasteiger partial charge is 0.452 e. The highest BCUT2D eigenvalue weighted by Gasteiger charge is 2.13. The summed E-state index contributed by atoms with van der Waals surface area (Å²) in [5, 5.41) is 0. The number of hydrogen-bond donors (Lipinski definition) is 3. The first-order valence-corrected chi connectivity index (χ1v) is 5.49. The van der Waals surface area contributed by atoms with Crippen molar-refractivity contribution in [2.24, 2.45) is 0 Å². The molecule has 0 spiro atoms. The Hall–Kier alpha value is -1.54. The normalized spacial score (nSPS) is 11.0. The van der Waals surface area contributed by atoms with Gasteiger partial charge < -0.3 is 9.72 Å². The maximum atomic E-state index is 11.2. The number of nitrogens with one attached hydrogen (secondary N) is 3. The molecule has 1 aromatic rings. The van der Waals surface area contributed by atoms with Gasteiger partial charge in [0.2, 0.25) is 0 Å².